The summed E-state index contributed by atoms with van der Waals surface area (Å²) in [7, 11) is 0. The van der Waals surface area contributed by atoms with Gasteiger partial charge in [0.1, 0.15) is 0 Å². The highest BCUT2D eigenvalue weighted by Gasteiger charge is 2.22. The molecule has 4 nitrogen and oxygen atoms in total. The standard InChI is InChI=1S/C15H30N2O2/c1-13-3-6-16(7-4-13)11-15(18)12-17-8-10-19-9-5-14(17)2/h13-15,18H,3-12H2,1-2H3. The van der Waals surface area contributed by atoms with Crippen molar-refractivity contribution < 1.29 is 9.84 Å². The number of piperidine rings is 1. The minimum Gasteiger partial charge on any atom is -0.390 e. The molecule has 19 heavy (non-hydrogen) atoms. The predicted molar refractivity (Wildman–Crippen MR) is 77.3 cm³/mol. The van der Waals surface area contributed by atoms with E-state index in [2.05, 4.69) is 23.6 Å². The van der Waals surface area contributed by atoms with E-state index in [0.717, 1.165) is 58.3 Å². The molecule has 0 spiro atoms. The average Bonchev–Trinajstić information content (AvgIpc) is 2.58. The number of aliphatic hydroxyl groups is 1. The molecule has 2 rings (SSSR count). The van der Waals surface area contributed by atoms with Crippen LogP contribution in [0.15, 0.2) is 0 Å². The number of likely N-dealkylation sites (tertiary alicyclic amines) is 1. The maximum Gasteiger partial charge on any atom is 0.0793 e. The van der Waals surface area contributed by atoms with Crippen molar-refractivity contribution in [1.29, 1.82) is 0 Å². The lowest BCUT2D eigenvalue weighted by Crippen LogP contribution is -2.45. The van der Waals surface area contributed by atoms with Gasteiger partial charge in [-0.3, -0.25) is 4.90 Å². The third-order valence-electron chi connectivity index (χ3n) is 4.62. The van der Waals surface area contributed by atoms with E-state index in [1.165, 1.54) is 12.8 Å². The van der Waals surface area contributed by atoms with Crippen LogP contribution in [0.2, 0.25) is 0 Å². The molecule has 2 unspecified atom stereocenters. The van der Waals surface area contributed by atoms with Crippen molar-refractivity contribution in [2.45, 2.75) is 45.3 Å². The number of hydrogen-bond acceptors (Lipinski definition) is 4. The van der Waals surface area contributed by atoms with Crippen molar-refractivity contribution in [3.05, 3.63) is 0 Å². The maximum absolute atomic E-state index is 10.3. The molecule has 0 saturated carbocycles. The van der Waals surface area contributed by atoms with E-state index in [0.29, 0.717) is 6.04 Å². The first kappa shape index (κ1) is 15.2. The van der Waals surface area contributed by atoms with Crippen LogP contribution in [0.3, 0.4) is 0 Å². The Labute approximate surface area is 117 Å². The largest absolute Gasteiger partial charge is 0.390 e. The lowest BCUT2D eigenvalue weighted by Gasteiger charge is -2.34. The Balaban J connectivity index is 1.72. The summed E-state index contributed by atoms with van der Waals surface area (Å²) in [5.41, 5.74) is 0. The molecule has 2 aliphatic rings. The molecule has 2 heterocycles. The van der Waals surface area contributed by atoms with Crippen LogP contribution in [0.5, 0.6) is 0 Å². The van der Waals surface area contributed by atoms with Crippen molar-refractivity contribution in [2.24, 2.45) is 5.92 Å². The van der Waals surface area contributed by atoms with Gasteiger partial charge in [0.05, 0.1) is 12.7 Å². The maximum atomic E-state index is 10.3. The van der Waals surface area contributed by atoms with Gasteiger partial charge in [-0.1, -0.05) is 6.92 Å². The first-order valence-corrected chi connectivity index (χ1v) is 7.87. The quantitative estimate of drug-likeness (QED) is 0.832. The highest BCUT2D eigenvalue weighted by molar-refractivity contribution is 4.77. The summed E-state index contributed by atoms with van der Waals surface area (Å²) in [4.78, 5) is 4.80. The lowest BCUT2D eigenvalue weighted by molar-refractivity contribution is 0.0498. The molecule has 0 radical (unpaired) electrons. The summed E-state index contributed by atoms with van der Waals surface area (Å²) in [6.07, 6.45) is 3.41. The second kappa shape index (κ2) is 7.58. The number of nitrogens with zero attached hydrogens (tertiary/aromatic N) is 2. The Kier molecular flexibility index (Phi) is 6.07. The average molecular weight is 270 g/mol. The molecule has 0 aromatic heterocycles. The third kappa shape index (κ3) is 5.03. The Bertz CT molecular complexity index is 255. The Morgan fingerprint density at radius 1 is 1.05 bits per heavy atom. The molecular formula is C15H30N2O2. The summed E-state index contributed by atoms with van der Waals surface area (Å²) in [6, 6.07) is 0.526. The fourth-order valence-corrected chi connectivity index (χ4v) is 3.08. The second-order valence-corrected chi connectivity index (χ2v) is 6.38. The van der Waals surface area contributed by atoms with E-state index in [-0.39, 0.29) is 6.10 Å². The molecule has 2 aliphatic heterocycles. The summed E-state index contributed by atoms with van der Waals surface area (Å²) in [5, 5.41) is 10.3. The van der Waals surface area contributed by atoms with Crippen LogP contribution in [-0.2, 0) is 4.74 Å². The molecule has 0 aliphatic carbocycles. The number of aliphatic hydroxyl groups excluding tert-OH is 1. The zero-order chi connectivity index (χ0) is 13.7. The summed E-state index contributed by atoms with van der Waals surface area (Å²) >= 11 is 0. The number of rotatable bonds is 4. The third-order valence-corrected chi connectivity index (χ3v) is 4.62. The molecule has 2 atom stereocenters. The van der Waals surface area contributed by atoms with Crippen LogP contribution >= 0.6 is 0 Å². The van der Waals surface area contributed by atoms with Gasteiger partial charge in [0.25, 0.3) is 0 Å². The van der Waals surface area contributed by atoms with Gasteiger partial charge in [0, 0.05) is 32.3 Å². The highest BCUT2D eigenvalue weighted by Crippen LogP contribution is 2.16. The second-order valence-electron chi connectivity index (χ2n) is 6.38. The molecule has 2 saturated heterocycles. The smallest absolute Gasteiger partial charge is 0.0793 e. The van der Waals surface area contributed by atoms with E-state index in [1.54, 1.807) is 0 Å². The number of ether oxygens (including phenoxy) is 1. The Morgan fingerprint density at radius 3 is 2.53 bits per heavy atom. The topological polar surface area (TPSA) is 35.9 Å². The fourth-order valence-electron chi connectivity index (χ4n) is 3.08. The van der Waals surface area contributed by atoms with Crippen LogP contribution in [0, 0.1) is 5.92 Å². The molecule has 1 N–H and O–H groups in total. The molecule has 0 bridgehead atoms. The lowest BCUT2D eigenvalue weighted by atomic mass is 9.99. The van der Waals surface area contributed by atoms with Gasteiger partial charge in [-0.05, 0) is 45.2 Å². The summed E-state index contributed by atoms with van der Waals surface area (Å²) < 4.78 is 5.50. The van der Waals surface area contributed by atoms with Crippen molar-refractivity contribution in [2.75, 3.05) is 45.9 Å². The van der Waals surface area contributed by atoms with Gasteiger partial charge in [0.15, 0.2) is 0 Å². The van der Waals surface area contributed by atoms with Crippen molar-refractivity contribution in [3.63, 3.8) is 0 Å². The minimum absolute atomic E-state index is 0.228. The van der Waals surface area contributed by atoms with Gasteiger partial charge in [-0.25, -0.2) is 0 Å². The SMILES string of the molecule is CC1CCN(CC(O)CN2CCOCCC2C)CC1. The summed E-state index contributed by atoms with van der Waals surface area (Å²) in [6.45, 7) is 11.1. The van der Waals surface area contributed by atoms with Crippen molar-refractivity contribution in [3.8, 4) is 0 Å². The predicted octanol–water partition coefficient (Wildman–Crippen LogP) is 1.19. The van der Waals surface area contributed by atoms with E-state index in [1.807, 2.05) is 0 Å². The van der Waals surface area contributed by atoms with E-state index in [9.17, 15) is 5.11 Å². The van der Waals surface area contributed by atoms with Crippen LogP contribution in [0.25, 0.3) is 0 Å². The zero-order valence-corrected chi connectivity index (χ0v) is 12.6. The van der Waals surface area contributed by atoms with Gasteiger partial charge >= 0.3 is 0 Å². The van der Waals surface area contributed by atoms with Gasteiger partial charge < -0.3 is 14.7 Å². The first-order chi connectivity index (χ1) is 9.15. The van der Waals surface area contributed by atoms with Crippen LogP contribution < -0.4 is 0 Å². The molecule has 0 aromatic carbocycles. The molecule has 2 fully saturated rings. The Hall–Kier alpha value is -0.160. The monoisotopic (exact) mass is 270 g/mol. The number of β-amino-alcohol motifs (C(OH)–C–C–N with tert-alkyl or cyclic N) is 1. The van der Waals surface area contributed by atoms with Crippen molar-refractivity contribution >= 4 is 0 Å². The van der Waals surface area contributed by atoms with Crippen molar-refractivity contribution in [1.82, 2.24) is 9.80 Å². The normalized spacial score (nSPS) is 30.2. The Morgan fingerprint density at radius 2 is 1.79 bits per heavy atom. The molecule has 0 aromatic rings. The van der Waals surface area contributed by atoms with Gasteiger partial charge in [-0.2, -0.15) is 0 Å². The van der Waals surface area contributed by atoms with Crippen LogP contribution in [-0.4, -0.2) is 73.0 Å². The minimum atomic E-state index is -0.228. The van der Waals surface area contributed by atoms with Crippen LogP contribution in [0.4, 0.5) is 0 Å². The number of hydrogen-bond donors (Lipinski definition) is 1. The molecular weight excluding hydrogens is 240 g/mol. The zero-order valence-electron chi connectivity index (χ0n) is 12.6. The van der Waals surface area contributed by atoms with Gasteiger partial charge in [-0.15, -0.1) is 0 Å². The molecule has 4 heteroatoms. The highest BCUT2D eigenvalue weighted by atomic mass is 16.5. The van der Waals surface area contributed by atoms with Crippen LogP contribution in [0.1, 0.15) is 33.1 Å². The first-order valence-electron chi connectivity index (χ1n) is 7.87. The fraction of sp³-hybridized carbons (Fsp3) is 1.00. The van der Waals surface area contributed by atoms with E-state index < -0.39 is 0 Å². The molecule has 0 amide bonds. The van der Waals surface area contributed by atoms with Gasteiger partial charge in [0.2, 0.25) is 0 Å². The molecule has 112 valence electrons. The van der Waals surface area contributed by atoms with E-state index in [4.69, 9.17) is 4.74 Å². The summed E-state index contributed by atoms with van der Waals surface area (Å²) in [5.74, 6) is 0.858. The van der Waals surface area contributed by atoms with E-state index >= 15 is 0 Å².